The van der Waals surface area contributed by atoms with Crippen molar-refractivity contribution in [3.8, 4) is 11.1 Å². The molecule has 19 heavy (non-hydrogen) atoms. The van der Waals surface area contributed by atoms with Gasteiger partial charge in [0.05, 0.1) is 0 Å². The molecule has 100 valence electrons. The number of hydrogen-bond donors (Lipinski definition) is 1. The summed E-state index contributed by atoms with van der Waals surface area (Å²) in [5, 5.41) is 3.40. The van der Waals surface area contributed by atoms with Crippen LogP contribution in [0, 0.1) is 12.7 Å². The summed E-state index contributed by atoms with van der Waals surface area (Å²) in [6, 6.07) is 13.8. The summed E-state index contributed by atoms with van der Waals surface area (Å²) in [7, 11) is 0. The van der Waals surface area contributed by atoms with E-state index in [1.165, 1.54) is 11.6 Å². The minimum absolute atomic E-state index is 0.182. The Balaban J connectivity index is 2.27. The Morgan fingerprint density at radius 2 is 1.89 bits per heavy atom. The van der Waals surface area contributed by atoms with Crippen LogP contribution in [0.5, 0.6) is 0 Å². The fourth-order valence-electron chi connectivity index (χ4n) is 2.12. The lowest BCUT2D eigenvalue weighted by Gasteiger charge is -2.11. The highest BCUT2D eigenvalue weighted by Crippen LogP contribution is 2.24. The summed E-state index contributed by atoms with van der Waals surface area (Å²) in [5.74, 6) is -0.182. The van der Waals surface area contributed by atoms with Crippen LogP contribution < -0.4 is 5.32 Å². The third-order valence-electron chi connectivity index (χ3n) is 3.14. The molecule has 0 saturated heterocycles. The predicted molar refractivity (Wildman–Crippen MR) is 78.5 cm³/mol. The lowest BCUT2D eigenvalue weighted by atomic mass is 9.99. The van der Waals surface area contributed by atoms with Crippen LogP contribution in [-0.4, -0.2) is 6.04 Å². The summed E-state index contributed by atoms with van der Waals surface area (Å²) in [6.07, 6.45) is 0. The largest absolute Gasteiger partial charge is 0.310 e. The quantitative estimate of drug-likeness (QED) is 0.861. The molecule has 0 radical (unpaired) electrons. The molecule has 0 aliphatic rings. The average Bonchev–Trinajstić information content (AvgIpc) is 2.36. The van der Waals surface area contributed by atoms with E-state index in [-0.39, 0.29) is 5.82 Å². The van der Waals surface area contributed by atoms with E-state index in [0.717, 1.165) is 23.2 Å². The SMILES string of the molecule is Cc1cc(F)ccc1-c1cccc(CNC(C)C)c1. The highest BCUT2D eigenvalue weighted by Gasteiger charge is 2.04. The van der Waals surface area contributed by atoms with Crippen molar-refractivity contribution in [3.63, 3.8) is 0 Å². The van der Waals surface area contributed by atoms with E-state index in [1.54, 1.807) is 6.07 Å². The maximum atomic E-state index is 13.1. The van der Waals surface area contributed by atoms with Gasteiger partial charge in [-0.2, -0.15) is 0 Å². The van der Waals surface area contributed by atoms with Gasteiger partial charge in [0.15, 0.2) is 0 Å². The van der Waals surface area contributed by atoms with Crippen LogP contribution in [0.4, 0.5) is 4.39 Å². The first-order valence-corrected chi connectivity index (χ1v) is 6.65. The predicted octanol–water partition coefficient (Wildman–Crippen LogP) is 4.30. The van der Waals surface area contributed by atoms with Crippen molar-refractivity contribution in [3.05, 3.63) is 59.4 Å². The average molecular weight is 257 g/mol. The van der Waals surface area contributed by atoms with Crippen LogP contribution >= 0.6 is 0 Å². The molecule has 1 nitrogen and oxygen atoms in total. The first-order valence-electron chi connectivity index (χ1n) is 6.65. The summed E-state index contributed by atoms with van der Waals surface area (Å²) < 4.78 is 13.1. The van der Waals surface area contributed by atoms with Gasteiger partial charge in [0, 0.05) is 12.6 Å². The van der Waals surface area contributed by atoms with Crippen LogP contribution in [0.1, 0.15) is 25.0 Å². The number of nitrogens with one attached hydrogen (secondary N) is 1. The van der Waals surface area contributed by atoms with Crippen molar-refractivity contribution >= 4 is 0 Å². The standard InChI is InChI=1S/C17H20FN/c1-12(2)19-11-14-5-4-6-15(10-14)17-8-7-16(18)9-13(17)3/h4-10,12,19H,11H2,1-3H3. The normalized spacial score (nSPS) is 11.0. The first-order chi connectivity index (χ1) is 9.06. The Kier molecular flexibility index (Phi) is 4.33. The Labute approximate surface area is 114 Å². The molecule has 2 heteroatoms. The van der Waals surface area contributed by atoms with E-state index >= 15 is 0 Å². The maximum absolute atomic E-state index is 13.1. The number of rotatable bonds is 4. The molecule has 0 heterocycles. The van der Waals surface area contributed by atoms with E-state index in [0.29, 0.717) is 6.04 Å². The summed E-state index contributed by atoms with van der Waals surface area (Å²) in [6.45, 7) is 7.06. The zero-order chi connectivity index (χ0) is 13.8. The third kappa shape index (κ3) is 3.65. The molecule has 2 aromatic carbocycles. The van der Waals surface area contributed by atoms with Crippen LogP contribution in [-0.2, 0) is 6.54 Å². The number of hydrogen-bond acceptors (Lipinski definition) is 1. The molecule has 0 aromatic heterocycles. The van der Waals surface area contributed by atoms with Gasteiger partial charge in [-0.15, -0.1) is 0 Å². The lowest BCUT2D eigenvalue weighted by molar-refractivity contribution is 0.589. The number of benzene rings is 2. The van der Waals surface area contributed by atoms with Crippen LogP contribution in [0.15, 0.2) is 42.5 Å². The molecule has 1 N–H and O–H groups in total. The van der Waals surface area contributed by atoms with E-state index in [2.05, 4.69) is 43.4 Å². The highest BCUT2D eigenvalue weighted by atomic mass is 19.1. The van der Waals surface area contributed by atoms with Gasteiger partial charge in [-0.1, -0.05) is 38.1 Å². The zero-order valence-corrected chi connectivity index (χ0v) is 11.7. The molecule has 0 bridgehead atoms. The minimum atomic E-state index is -0.182. The molecule has 0 unspecified atom stereocenters. The molecule has 0 spiro atoms. The molecule has 0 amide bonds. The molecular formula is C17H20FN. The van der Waals surface area contributed by atoms with Crippen molar-refractivity contribution < 1.29 is 4.39 Å². The fraction of sp³-hybridized carbons (Fsp3) is 0.294. The number of halogens is 1. The summed E-state index contributed by atoms with van der Waals surface area (Å²) in [4.78, 5) is 0. The molecule has 2 aromatic rings. The molecule has 0 aliphatic carbocycles. The molecule has 0 saturated carbocycles. The fourth-order valence-corrected chi connectivity index (χ4v) is 2.12. The third-order valence-corrected chi connectivity index (χ3v) is 3.14. The summed E-state index contributed by atoms with van der Waals surface area (Å²) >= 11 is 0. The Morgan fingerprint density at radius 3 is 2.58 bits per heavy atom. The first kappa shape index (κ1) is 13.8. The van der Waals surface area contributed by atoms with Gasteiger partial charge in [-0.25, -0.2) is 4.39 Å². The Hall–Kier alpha value is -1.67. The Bertz CT molecular complexity index is 561. The molecule has 0 atom stereocenters. The van der Waals surface area contributed by atoms with Crippen molar-refractivity contribution in [2.45, 2.75) is 33.4 Å². The maximum Gasteiger partial charge on any atom is 0.123 e. The summed E-state index contributed by atoms with van der Waals surface area (Å²) in [5.41, 5.74) is 4.44. The van der Waals surface area contributed by atoms with Gasteiger partial charge >= 0.3 is 0 Å². The monoisotopic (exact) mass is 257 g/mol. The van der Waals surface area contributed by atoms with Crippen molar-refractivity contribution in [1.82, 2.24) is 5.32 Å². The van der Waals surface area contributed by atoms with Gasteiger partial charge in [0.2, 0.25) is 0 Å². The molecule has 0 fully saturated rings. The van der Waals surface area contributed by atoms with Gasteiger partial charge < -0.3 is 5.32 Å². The smallest absolute Gasteiger partial charge is 0.123 e. The topological polar surface area (TPSA) is 12.0 Å². The second kappa shape index (κ2) is 5.98. The van der Waals surface area contributed by atoms with Gasteiger partial charge in [0.1, 0.15) is 5.82 Å². The second-order valence-corrected chi connectivity index (χ2v) is 5.20. The van der Waals surface area contributed by atoms with Gasteiger partial charge in [0.25, 0.3) is 0 Å². The molecule has 0 aliphatic heterocycles. The van der Waals surface area contributed by atoms with E-state index in [9.17, 15) is 4.39 Å². The van der Waals surface area contributed by atoms with Gasteiger partial charge in [-0.05, 0) is 47.4 Å². The van der Waals surface area contributed by atoms with E-state index < -0.39 is 0 Å². The van der Waals surface area contributed by atoms with Crippen molar-refractivity contribution in [1.29, 1.82) is 0 Å². The van der Waals surface area contributed by atoms with E-state index in [4.69, 9.17) is 0 Å². The minimum Gasteiger partial charge on any atom is -0.310 e. The van der Waals surface area contributed by atoms with Crippen LogP contribution in [0.25, 0.3) is 11.1 Å². The van der Waals surface area contributed by atoms with Crippen molar-refractivity contribution in [2.75, 3.05) is 0 Å². The second-order valence-electron chi connectivity index (χ2n) is 5.20. The van der Waals surface area contributed by atoms with Crippen LogP contribution in [0.2, 0.25) is 0 Å². The zero-order valence-electron chi connectivity index (χ0n) is 11.7. The molecular weight excluding hydrogens is 237 g/mol. The highest BCUT2D eigenvalue weighted by molar-refractivity contribution is 5.67. The Morgan fingerprint density at radius 1 is 1.11 bits per heavy atom. The van der Waals surface area contributed by atoms with E-state index in [1.807, 2.05) is 13.0 Å². The lowest BCUT2D eigenvalue weighted by Crippen LogP contribution is -2.21. The van der Waals surface area contributed by atoms with Crippen molar-refractivity contribution in [2.24, 2.45) is 0 Å². The van der Waals surface area contributed by atoms with Crippen LogP contribution in [0.3, 0.4) is 0 Å². The number of aryl methyl sites for hydroxylation is 1. The molecule has 2 rings (SSSR count). The van der Waals surface area contributed by atoms with Gasteiger partial charge in [-0.3, -0.25) is 0 Å².